The van der Waals surface area contributed by atoms with Crippen LogP contribution >= 0.6 is 15.9 Å². The maximum absolute atomic E-state index is 12.0. The number of carbonyl (C=O) groups is 1. The maximum atomic E-state index is 12.0. The first-order valence-electron chi connectivity index (χ1n) is 6.34. The number of nitrogens with zero attached hydrogens (tertiary/aromatic N) is 1. The van der Waals surface area contributed by atoms with E-state index < -0.39 is 9.84 Å². The van der Waals surface area contributed by atoms with Crippen LogP contribution < -0.4 is 5.32 Å². The predicted molar refractivity (Wildman–Crippen MR) is 82.6 cm³/mol. The Morgan fingerprint density at radius 1 is 1.35 bits per heavy atom. The molecular formula is C13H17BrN2O3S. The van der Waals surface area contributed by atoms with E-state index in [-0.39, 0.29) is 24.0 Å². The van der Waals surface area contributed by atoms with E-state index in [9.17, 15) is 13.2 Å². The number of nitrogens with one attached hydrogen (secondary N) is 1. The summed E-state index contributed by atoms with van der Waals surface area (Å²) < 4.78 is 23.5. The maximum Gasteiger partial charge on any atom is 0.238 e. The van der Waals surface area contributed by atoms with E-state index in [1.54, 1.807) is 0 Å². The second-order valence-corrected chi connectivity index (χ2v) is 8.12. The molecule has 1 aliphatic heterocycles. The molecule has 1 heterocycles. The van der Waals surface area contributed by atoms with Crippen LogP contribution in [0, 0.1) is 6.92 Å². The molecule has 7 heteroatoms. The quantitative estimate of drug-likeness (QED) is 0.885. The molecule has 5 nitrogen and oxygen atoms in total. The van der Waals surface area contributed by atoms with E-state index in [2.05, 4.69) is 21.2 Å². The molecule has 0 aromatic heterocycles. The number of amides is 1. The number of hydrogen-bond donors (Lipinski definition) is 1. The van der Waals surface area contributed by atoms with Crippen LogP contribution in [0.4, 0.5) is 5.69 Å². The molecule has 0 aliphatic carbocycles. The van der Waals surface area contributed by atoms with Gasteiger partial charge in [-0.25, -0.2) is 8.42 Å². The standard InChI is InChI=1S/C13H17BrN2O3S/c1-10-2-3-12(11(14)8-10)15-13(17)9-16-4-6-20(18,19)7-5-16/h2-3,8H,4-7,9H2,1H3,(H,15,17). The second kappa shape index (κ2) is 6.24. The van der Waals surface area contributed by atoms with Gasteiger partial charge < -0.3 is 5.32 Å². The highest BCUT2D eigenvalue weighted by molar-refractivity contribution is 9.10. The number of hydrogen-bond acceptors (Lipinski definition) is 4. The number of rotatable bonds is 3. The Balaban J connectivity index is 1.90. The van der Waals surface area contributed by atoms with Crippen molar-refractivity contribution < 1.29 is 13.2 Å². The van der Waals surface area contributed by atoms with Gasteiger partial charge in [0.2, 0.25) is 5.91 Å². The van der Waals surface area contributed by atoms with Gasteiger partial charge in [-0.15, -0.1) is 0 Å². The van der Waals surface area contributed by atoms with Crippen molar-refractivity contribution in [1.82, 2.24) is 4.90 Å². The van der Waals surface area contributed by atoms with Crippen molar-refractivity contribution in [2.24, 2.45) is 0 Å². The van der Waals surface area contributed by atoms with E-state index in [1.807, 2.05) is 30.0 Å². The molecule has 1 N–H and O–H groups in total. The van der Waals surface area contributed by atoms with Gasteiger partial charge in [0.05, 0.1) is 23.7 Å². The van der Waals surface area contributed by atoms with Gasteiger partial charge in [-0.2, -0.15) is 0 Å². The monoisotopic (exact) mass is 360 g/mol. The Morgan fingerprint density at radius 2 is 2.00 bits per heavy atom. The summed E-state index contributed by atoms with van der Waals surface area (Å²) in [4.78, 5) is 13.8. The van der Waals surface area contributed by atoms with Crippen molar-refractivity contribution in [2.45, 2.75) is 6.92 Å². The van der Waals surface area contributed by atoms with E-state index in [0.29, 0.717) is 13.1 Å². The third-order valence-electron chi connectivity index (χ3n) is 3.20. The van der Waals surface area contributed by atoms with Crippen molar-refractivity contribution in [3.05, 3.63) is 28.2 Å². The molecule has 0 unspecified atom stereocenters. The topological polar surface area (TPSA) is 66.5 Å². The van der Waals surface area contributed by atoms with Gasteiger partial charge in [-0.1, -0.05) is 6.07 Å². The van der Waals surface area contributed by atoms with Gasteiger partial charge in [0.1, 0.15) is 0 Å². The zero-order valence-corrected chi connectivity index (χ0v) is 13.6. The lowest BCUT2D eigenvalue weighted by atomic mass is 10.2. The molecule has 0 atom stereocenters. The summed E-state index contributed by atoms with van der Waals surface area (Å²) in [5, 5.41) is 2.83. The number of sulfone groups is 1. The van der Waals surface area contributed by atoms with E-state index in [0.717, 1.165) is 15.7 Å². The molecule has 110 valence electrons. The molecule has 1 aromatic rings. The first-order valence-corrected chi connectivity index (χ1v) is 8.96. The SMILES string of the molecule is Cc1ccc(NC(=O)CN2CCS(=O)(=O)CC2)c(Br)c1. The summed E-state index contributed by atoms with van der Waals surface area (Å²) >= 11 is 3.41. The Bertz CT molecular complexity index is 602. The second-order valence-electron chi connectivity index (χ2n) is 4.96. The molecule has 1 aliphatic rings. The Kier molecular flexibility index (Phi) is 4.82. The summed E-state index contributed by atoms with van der Waals surface area (Å²) in [6.45, 7) is 3.04. The minimum Gasteiger partial charge on any atom is -0.324 e. The van der Waals surface area contributed by atoms with Gasteiger partial charge in [-0.05, 0) is 40.5 Å². The number of carbonyl (C=O) groups excluding carboxylic acids is 1. The van der Waals surface area contributed by atoms with E-state index in [4.69, 9.17) is 0 Å². The number of aryl methyl sites for hydroxylation is 1. The van der Waals surface area contributed by atoms with Crippen LogP contribution in [0.15, 0.2) is 22.7 Å². The highest BCUT2D eigenvalue weighted by Crippen LogP contribution is 2.23. The molecule has 0 saturated carbocycles. The third kappa shape index (κ3) is 4.29. The lowest BCUT2D eigenvalue weighted by molar-refractivity contribution is -0.117. The zero-order chi connectivity index (χ0) is 14.8. The fraction of sp³-hybridized carbons (Fsp3) is 0.462. The number of anilines is 1. The minimum atomic E-state index is -2.90. The van der Waals surface area contributed by atoms with Gasteiger partial charge in [0.25, 0.3) is 0 Å². The smallest absolute Gasteiger partial charge is 0.238 e. The average molecular weight is 361 g/mol. The van der Waals surface area contributed by atoms with E-state index in [1.165, 1.54) is 0 Å². The molecule has 0 radical (unpaired) electrons. The summed E-state index contributed by atoms with van der Waals surface area (Å²) in [6.07, 6.45) is 0. The molecule has 20 heavy (non-hydrogen) atoms. The first kappa shape index (κ1) is 15.5. The minimum absolute atomic E-state index is 0.131. The molecule has 1 aromatic carbocycles. The molecule has 1 amide bonds. The largest absolute Gasteiger partial charge is 0.324 e. The van der Waals surface area contributed by atoms with Crippen LogP contribution in [0.3, 0.4) is 0 Å². The van der Waals surface area contributed by atoms with Crippen LogP contribution in [0.1, 0.15) is 5.56 Å². The van der Waals surface area contributed by atoms with E-state index >= 15 is 0 Å². The molecule has 1 saturated heterocycles. The Hall–Kier alpha value is -0.920. The van der Waals surface area contributed by atoms with Crippen LogP contribution in [-0.4, -0.2) is 50.4 Å². The first-order chi connectivity index (χ1) is 9.35. The van der Waals surface area contributed by atoms with Gasteiger partial charge in [0.15, 0.2) is 9.84 Å². The third-order valence-corrected chi connectivity index (χ3v) is 5.47. The summed E-state index contributed by atoms with van der Waals surface area (Å²) in [5.74, 6) is 0.136. The van der Waals surface area contributed by atoms with Crippen molar-refractivity contribution in [3.8, 4) is 0 Å². The Labute approximate surface area is 127 Å². The number of halogens is 1. The fourth-order valence-electron chi connectivity index (χ4n) is 2.02. The van der Waals surface area contributed by atoms with Gasteiger partial charge in [0, 0.05) is 17.6 Å². The fourth-order valence-corrected chi connectivity index (χ4v) is 3.89. The normalized spacial score (nSPS) is 18.7. The highest BCUT2D eigenvalue weighted by atomic mass is 79.9. The molecule has 0 spiro atoms. The lowest BCUT2D eigenvalue weighted by Gasteiger charge is -2.25. The highest BCUT2D eigenvalue weighted by Gasteiger charge is 2.23. The summed E-state index contributed by atoms with van der Waals surface area (Å²) in [6, 6.07) is 5.70. The summed E-state index contributed by atoms with van der Waals surface area (Å²) in [7, 11) is -2.90. The van der Waals surface area contributed by atoms with Crippen LogP contribution in [0.2, 0.25) is 0 Å². The molecule has 2 rings (SSSR count). The van der Waals surface area contributed by atoms with Crippen molar-refractivity contribution in [3.63, 3.8) is 0 Å². The predicted octanol–water partition coefficient (Wildman–Crippen LogP) is 1.43. The molecular weight excluding hydrogens is 344 g/mol. The van der Waals surface area contributed by atoms with Gasteiger partial charge in [-0.3, -0.25) is 9.69 Å². The van der Waals surface area contributed by atoms with Crippen LogP contribution in [-0.2, 0) is 14.6 Å². The van der Waals surface area contributed by atoms with Crippen molar-refractivity contribution >= 4 is 37.4 Å². The van der Waals surface area contributed by atoms with Crippen molar-refractivity contribution in [1.29, 1.82) is 0 Å². The van der Waals surface area contributed by atoms with Crippen molar-refractivity contribution in [2.75, 3.05) is 36.5 Å². The van der Waals surface area contributed by atoms with Crippen LogP contribution in [0.5, 0.6) is 0 Å². The van der Waals surface area contributed by atoms with Gasteiger partial charge >= 0.3 is 0 Å². The zero-order valence-electron chi connectivity index (χ0n) is 11.2. The molecule has 1 fully saturated rings. The number of benzene rings is 1. The average Bonchev–Trinajstić information content (AvgIpc) is 2.35. The summed E-state index contributed by atoms with van der Waals surface area (Å²) in [5.41, 5.74) is 1.83. The van der Waals surface area contributed by atoms with Crippen LogP contribution in [0.25, 0.3) is 0 Å². The lowest BCUT2D eigenvalue weighted by Crippen LogP contribution is -2.43. The Morgan fingerprint density at radius 3 is 2.60 bits per heavy atom. The molecule has 0 bridgehead atoms.